The fraction of sp³-hybridized carbons (Fsp3) is 0.462. The molecular formula is C13H18ClNO4S. The van der Waals surface area contributed by atoms with Gasteiger partial charge in [0.2, 0.25) is 5.91 Å². The predicted molar refractivity (Wildman–Crippen MR) is 77.8 cm³/mol. The van der Waals surface area contributed by atoms with Crippen LogP contribution in [0.25, 0.3) is 0 Å². The van der Waals surface area contributed by atoms with Crippen LogP contribution in [0.1, 0.15) is 24.0 Å². The summed E-state index contributed by atoms with van der Waals surface area (Å²) in [5.41, 5.74) is 1.40. The lowest BCUT2D eigenvalue weighted by molar-refractivity contribution is -0.120. The Bertz CT molecular complexity index is 575. The second-order valence-corrected chi connectivity index (χ2v) is 7.02. The number of halogens is 1. The Hall–Kier alpha value is -1.27. The zero-order chi connectivity index (χ0) is 15.3. The van der Waals surface area contributed by atoms with Gasteiger partial charge in [0.15, 0.2) is 0 Å². The fourth-order valence-corrected chi connectivity index (χ4v) is 2.71. The summed E-state index contributed by atoms with van der Waals surface area (Å²) in [6.45, 7) is 3.90. The first kappa shape index (κ1) is 16.8. The third kappa shape index (κ3) is 4.68. The highest BCUT2D eigenvalue weighted by Gasteiger charge is 2.14. The molecule has 1 aromatic rings. The number of ether oxygens (including phenoxy) is 1. The van der Waals surface area contributed by atoms with Crippen LogP contribution in [-0.2, 0) is 13.8 Å². The molecule has 20 heavy (non-hydrogen) atoms. The number of amides is 1. The van der Waals surface area contributed by atoms with Gasteiger partial charge in [-0.1, -0.05) is 0 Å². The van der Waals surface area contributed by atoms with Gasteiger partial charge in [-0.2, -0.15) is 0 Å². The van der Waals surface area contributed by atoms with Gasteiger partial charge in [0.1, 0.15) is 5.75 Å². The second kappa shape index (κ2) is 6.95. The molecular weight excluding hydrogens is 302 g/mol. The van der Waals surface area contributed by atoms with Crippen molar-refractivity contribution in [1.29, 1.82) is 0 Å². The minimum Gasteiger partial charge on any atom is -0.493 e. The number of carbonyl (C=O) groups is 1. The van der Waals surface area contributed by atoms with Gasteiger partial charge in [-0.05, 0) is 43.5 Å². The molecule has 0 heterocycles. The van der Waals surface area contributed by atoms with Crippen LogP contribution in [0.3, 0.4) is 0 Å². The lowest BCUT2D eigenvalue weighted by Crippen LogP contribution is -2.18. The third-order valence-corrected chi connectivity index (χ3v) is 4.12. The number of benzene rings is 1. The van der Waals surface area contributed by atoms with Crippen molar-refractivity contribution in [3.8, 4) is 5.75 Å². The number of carbonyl (C=O) groups excluding carboxylic acids is 1. The molecule has 5 nitrogen and oxygen atoms in total. The smallest absolute Gasteiger partial charge is 0.261 e. The van der Waals surface area contributed by atoms with Crippen LogP contribution in [-0.4, -0.2) is 28.0 Å². The molecule has 0 aliphatic rings. The van der Waals surface area contributed by atoms with Crippen molar-refractivity contribution in [2.75, 3.05) is 13.7 Å². The molecule has 0 saturated heterocycles. The Kier molecular flexibility index (Phi) is 5.83. The molecule has 0 fully saturated rings. The largest absolute Gasteiger partial charge is 0.493 e. The molecule has 1 aromatic carbocycles. The molecule has 1 rings (SSSR count). The van der Waals surface area contributed by atoms with E-state index in [4.69, 9.17) is 15.4 Å². The summed E-state index contributed by atoms with van der Waals surface area (Å²) in [5, 5.41) is 2.53. The van der Waals surface area contributed by atoms with Crippen LogP contribution in [0.4, 0.5) is 0 Å². The Labute approximate surface area is 123 Å². The van der Waals surface area contributed by atoms with Gasteiger partial charge >= 0.3 is 0 Å². The summed E-state index contributed by atoms with van der Waals surface area (Å²) in [6, 6.07) is 2.95. The van der Waals surface area contributed by atoms with E-state index in [1.54, 1.807) is 20.9 Å². The number of nitrogens with one attached hydrogen (secondary N) is 1. The Morgan fingerprint density at radius 1 is 1.30 bits per heavy atom. The van der Waals surface area contributed by atoms with Crippen molar-refractivity contribution in [3.05, 3.63) is 23.3 Å². The SMILES string of the molecule is CNC(=O)CCCOc1c(C)cc(S(=O)(=O)Cl)cc1C. The van der Waals surface area contributed by atoms with Crippen molar-refractivity contribution in [3.63, 3.8) is 0 Å². The molecule has 0 spiro atoms. The van der Waals surface area contributed by atoms with Gasteiger partial charge in [0.25, 0.3) is 9.05 Å². The zero-order valence-corrected chi connectivity index (χ0v) is 13.3. The highest BCUT2D eigenvalue weighted by Crippen LogP contribution is 2.28. The Balaban J connectivity index is 2.75. The monoisotopic (exact) mass is 319 g/mol. The summed E-state index contributed by atoms with van der Waals surface area (Å²) in [5.74, 6) is 0.594. The maximum absolute atomic E-state index is 11.3. The van der Waals surface area contributed by atoms with Crippen molar-refractivity contribution < 1.29 is 17.9 Å². The molecule has 0 radical (unpaired) electrons. The Morgan fingerprint density at radius 2 is 1.85 bits per heavy atom. The molecule has 7 heteroatoms. The molecule has 1 N–H and O–H groups in total. The maximum Gasteiger partial charge on any atom is 0.261 e. The van der Waals surface area contributed by atoms with E-state index < -0.39 is 9.05 Å². The van der Waals surface area contributed by atoms with Crippen LogP contribution in [0.5, 0.6) is 5.75 Å². The lowest BCUT2D eigenvalue weighted by Gasteiger charge is -2.13. The third-order valence-electron chi connectivity index (χ3n) is 2.79. The molecule has 0 bridgehead atoms. The first-order valence-corrected chi connectivity index (χ1v) is 8.46. The molecule has 0 saturated carbocycles. The average Bonchev–Trinajstić information content (AvgIpc) is 2.35. The van der Waals surface area contributed by atoms with Crippen LogP contribution in [0, 0.1) is 13.8 Å². The number of aryl methyl sites for hydroxylation is 2. The van der Waals surface area contributed by atoms with Crippen molar-refractivity contribution >= 4 is 25.6 Å². The summed E-state index contributed by atoms with van der Waals surface area (Å²) >= 11 is 0. The van der Waals surface area contributed by atoms with E-state index in [2.05, 4.69) is 5.32 Å². The summed E-state index contributed by atoms with van der Waals surface area (Å²) in [6.07, 6.45) is 0.983. The number of rotatable bonds is 6. The average molecular weight is 320 g/mol. The number of hydrogen-bond acceptors (Lipinski definition) is 4. The predicted octanol–water partition coefficient (Wildman–Crippen LogP) is 2.14. The van der Waals surface area contributed by atoms with Crippen molar-refractivity contribution in [2.24, 2.45) is 0 Å². The molecule has 0 aliphatic heterocycles. The highest BCUT2D eigenvalue weighted by atomic mass is 35.7. The highest BCUT2D eigenvalue weighted by molar-refractivity contribution is 8.13. The van der Waals surface area contributed by atoms with E-state index in [-0.39, 0.29) is 10.8 Å². The maximum atomic E-state index is 11.3. The summed E-state index contributed by atoms with van der Waals surface area (Å²) < 4.78 is 28.2. The van der Waals surface area contributed by atoms with Crippen molar-refractivity contribution in [2.45, 2.75) is 31.6 Å². The topological polar surface area (TPSA) is 72.5 Å². The second-order valence-electron chi connectivity index (χ2n) is 4.45. The lowest BCUT2D eigenvalue weighted by atomic mass is 10.1. The van der Waals surface area contributed by atoms with Gasteiger partial charge in [-0.15, -0.1) is 0 Å². The number of hydrogen-bond donors (Lipinski definition) is 1. The zero-order valence-electron chi connectivity index (χ0n) is 11.7. The van der Waals surface area contributed by atoms with Gasteiger partial charge in [-0.3, -0.25) is 4.79 Å². The minimum atomic E-state index is -3.74. The van der Waals surface area contributed by atoms with Gasteiger partial charge in [0.05, 0.1) is 11.5 Å². The van der Waals surface area contributed by atoms with Gasteiger partial charge in [0, 0.05) is 24.2 Å². The van der Waals surface area contributed by atoms with E-state index in [0.717, 1.165) is 0 Å². The molecule has 0 aromatic heterocycles. The van der Waals surface area contributed by atoms with Crippen LogP contribution in [0.15, 0.2) is 17.0 Å². The quantitative estimate of drug-likeness (QED) is 0.644. The van der Waals surface area contributed by atoms with E-state index in [9.17, 15) is 13.2 Å². The van der Waals surface area contributed by atoms with Crippen LogP contribution < -0.4 is 10.1 Å². The van der Waals surface area contributed by atoms with E-state index in [1.807, 2.05) is 0 Å². The summed E-state index contributed by atoms with van der Waals surface area (Å²) in [7, 11) is 3.16. The van der Waals surface area contributed by atoms with Crippen LogP contribution in [0.2, 0.25) is 0 Å². The van der Waals surface area contributed by atoms with E-state index in [0.29, 0.717) is 36.3 Å². The van der Waals surface area contributed by atoms with E-state index in [1.165, 1.54) is 12.1 Å². The molecule has 0 unspecified atom stereocenters. The molecule has 0 aliphatic carbocycles. The molecule has 0 atom stereocenters. The molecule has 1 amide bonds. The van der Waals surface area contributed by atoms with Crippen molar-refractivity contribution in [1.82, 2.24) is 5.32 Å². The Morgan fingerprint density at radius 3 is 2.30 bits per heavy atom. The normalized spacial score (nSPS) is 11.2. The first-order chi connectivity index (χ1) is 9.25. The molecule has 112 valence electrons. The first-order valence-electron chi connectivity index (χ1n) is 6.15. The van der Waals surface area contributed by atoms with Gasteiger partial charge < -0.3 is 10.1 Å². The van der Waals surface area contributed by atoms with E-state index >= 15 is 0 Å². The minimum absolute atomic E-state index is 0.0365. The summed E-state index contributed by atoms with van der Waals surface area (Å²) in [4.78, 5) is 11.1. The standard InChI is InChI=1S/C13H18ClNO4S/c1-9-7-11(20(14,17)18)8-10(2)13(9)19-6-4-5-12(16)15-3/h7-8H,4-6H2,1-3H3,(H,15,16). The fourth-order valence-electron chi connectivity index (χ4n) is 1.81. The van der Waals surface area contributed by atoms with Crippen LogP contribution >= 0.6 is 10.7 Å². The van der Waals surface area contributed by atoms with Gasteiger partial charge in [-0.25, -0.2) is 8.42 Å².